The highest BCUT2D eigenvalue weighted by atomic mass is 32.2. The van der Waals surface area contributed by atoms with Crippen molar-refractivity contribution < 1.29 is 23.9 Å². The third-order valence-corrected chi connectivity index (χ3v) is 12.4. The number of amides is 4. The van der Waals surface area contributed by atoms with Crippen LogP contribution >= 0.6 is 23.5 Å². The van der Waals surface area contributed by atoms with Crippen LogP contribution in [0, 0.1) is 5.92 Å². The summed E-state index contributed by atoms with van der Waals surface area (Å²) < 4.78 is 6.21. The van der Waals surface area contributed by atoms with Gasteiger partial charge in [0.25, 0.3) is 0 Å². The van der Waals surface area contributed by atoms with E-state index in [1.54, 1.807) is 4.90 Å². The molecule has 14 heteroatoms. The van der Waals surface area contributed by atoms with E-state index in [1.807, 2.05) is 81.4 Å². The minimum Gasteiger partial charge on any atom is -0.474 e. The highest BCUT2D eigenvalue weighted by Gasteiger charge is 2.44. The third-order valence-electron chi connectivity index (χ3n) is 10.1. The second kappa shape index (κ2) is 15.8. The van der Waals surface area contributed by atoms with Gasteiger partial charge in [0, 0.05) is 24.5 Å². The summed E-state index contributed by atoms with van der Waals surface area (Å²) >= 11 is 2.93. The molecule has 274 valence electrons. The monoisotopic (exact) mass is 743 g/mol. The molecule has 7 rings (SSSR count). The van der Waals surface area contributed by atoms with Crippen LogP contribution in [0.15, 0.2) is 75.6 Å². The van der Waals surface area contributed by atoms with Gasteiger partial charge >= 0.3 is 0 Å². The fourth-order valence-corrected chi connectivity index (χ4v) is 9.62. The first-order chi connectivity index (χ1) is 25.1. The average molecular weight is 744 g/mol. The normalized spacial score (nSPS) is 31.1. The fourth-order valence-electron chi connectivity index (χ4n) is 7.25. The van der Waals surface area contributed by atoms with E-state index >= 15 is 0 Å². The van der Waals surface area contributed by atoms with Crippen molar-refractivity contribution in [3.05, 3.63) is 71.8 Å². The molecule has 5 heterocycles. The molecule has 0 aromatic heterocycles. The Labute approximate surface area is 312 Å². The van der Waals surface area contributed by atoms with Crippen LogP contribution in [-0.4, -0.2) is 111 Å². The second-order valence-corrected chi connectivity index (χ2v) is 16.3. The average Bonchev–Trinajstić information content (AvgIpc) is 3.97. The van der Waals surface area contributed by atoms with Gasteiger partial charge in [-0.25, -0.2) is 4.99 Å². The van der Waals surface area contributed by atoms with Gasteiger partial charge in [-0.1, -0.05) is 74.5 Å². The number of nitrogens with zero attached hydrogens (tertiary/aromatic N) is 4. The lowest BCUT2D eigenvalue weighted by molar-refractivity contribution is -0.136. The maximum absolute atomic E-state index is 14.4. The molecule has 2 aromatic carbocycles. The van der Waals surface area contributed by atoms with Crippen LogP contribution in [0.1, 0.15) is 44.7 Å². The number of ether oxygens (including phenoxy) is 1. The summed E-state index contributed by atoms with van der Waals surface area (Å²) in [5, 5.41) is 10.8. The van der Waals surface area contributed by atoms with Crippen molar-refractivity contribution in [3.63, 3.8) is 0 Å². The molecule has 8 atom stereocenters. The van der Waals surface area contributed by atoms with Crippen LogP contribution in [0.3, 0.4) is 0 Å². The molecule has 5 aliphatic heterocycles. The predicted molar refractivity (Wildman–Crippen MR) is 205 cm³/mol. The molecule has 2 unspecified atom stereocenters. The van der Waals surface area contributed by atoms with Crippen molar-refractivity contribution >= 4 is 63.1 Å². The van der Waals surface area contributed by atoms with Gasteiger partial charge in [0.2, 0.25) is 29.5 Å². The van der Waals surface area contributed by atoms with Crippen molar-refractivity contribution in [1.29, 1.82) is 0 Å². The summed E-state index contributed by atoms with van der Waals surface area (Å²) in [6.07, 6.45) is 1.63. The number of hydrogen-bond acceptors (Lipinski definition) is 10. The van der Waals surface area contributed by atoms with Crippen molar-refractivity contribution in [2.75, 3.05) is 18.1 Å². The van der Waals surface area contributed by atoms with Crippen LogP contribution in [0.25, 0.3) is 0 Å². The maximum atomic E-state index is 14.4. The molecule has 0 spiro atoms. The number of thioether (sulfide) groups is 2. The van der Waals surface area contributed by atoms with E-state index in [0.717, 1.165) is 17.5 Å². The first-order valence-electron chi connectivity index (χ1n) is 18.1. The molecule has 1 fully saturated rings. The number of carbonyl (C=O) groups is 4. The number of nitrogens with one attached hydrogen (secondary N) is 3. The summed E-state index contributed by atoms with van der Waals surface area (Å²) in [7, 11) is 0. The summed E-state index contributed by atoms with van der Waals surface area (Å²) in [6, 6.07) is 15.1. The van der Waals surface area contributed by atoms with Crippen molar-refractivity contribution in [3.8, 4) is 0 Å². The Hall–Kier alpha value is -4.17. The van der Waals surface area contributed by atoms with Crippen LogP contribution in [0.4, 0.5) is 0 Å². The Morgan fingerprint density at radius 2 is 1.35 bits per heavy atom. The number of benzene rings is 2. The van der Waals surface area contributed by atoms with E-state index in [-0.39, 0.29) is 29.5 Å². The Kier molecular flexibility index (Phi) is 11.0. The summed E-state index contributed by atoms with van der Waals surface area (Å²) in [4.78, 5) is 72.2. The van der Waals surface area contributed by atoms with Gasteiger partial charge in [-0.05, 0) is 43.2 Å². The first-order valence-corrected chi connectivity index (χ1v) is 20.1. The van der Waals surface area contributed by atoms with Crippen LogP contribution < -0.4 is 16.0 Å². The smallest absolute Gasteiger partial charge is 0.249 e. The van der Waals surface area contributed by atoms with E-state index in [0.29, 0.717) is 53.3 Å². The topological polar surface area (TPSA) is 154 Å². The zero-order valence-corrected chi connectivity index (χ0v) is 31.2. The minimum absolute atomic E-state index is 0.00114. The van der Waals surface area contributed by atoms with E-state index in [4.69, 9.17) is 19.7 Å². The van der Waals surface area contributed by atoms with Crippen LogP contribution in [0.5, 0.6) is 0 Å². The molecule has 52 heavy (non-hydrogen) atoms. The Balaban J connectivity index is 1.24. The van der Waals surface area contributed by atoms with Gasteiger partial charge in [0.1, 0.15) is 30.3 Å². The Bertz CT molecular complexity index is 1770. The SMILES string of the molecule is CC(C)C1NC(=O)[C@H]2N=C(O[C@@H]2C)[C@@H]2CCCN2C(=O)C(Cc2ccccc2)NC(=O)[C@@H]2CSC(=N2)[C@@H](Cc2ccccc2)NC(=O)[C@@H]2CSC1=N2. The highest BCUT2D eigenvalue weighted by Crippen LogP contribution is 2.29. The molecule has 6 bridgehead atoms. The molecule has 4 amide bonds. The van der Waals surface area contributed by atoms with Gasteiger partial charge in [-0.3, -0.25) is 29.2 Å². The molecule has 5 aliphatic rings. The molecule has 12 nitrogen and oxygen atoms in total. The largest absolute Gasteiger partial charge is 0.474 e. The van der Waals surface area contributed by atoms with Crippen LogP contribution in [-0.2, 0) is 36.8 Å². The van der Waals surface area contributed by atoms with Gasteiger partial charge in [0.05, 0.1) is 22.2 Å². The fraction of sp³-hybridized carbons (Fsp3) is 0.500. The lowest BCUT2D eigenvalue weighted by Crippen LogP contribution is -2.54. The molecular weight excluding hydrogens is 699 g/mol. The van der Waals surface area contributed by atoms with Crippen molar-refractivity contribution in [1.82, 2.24) is 20.9 Å². The molecule has 0 saturated carbocycles. The van der Waals surface area contributed by atoms with Gasteiger partial charge in [-0.2, -0.15) is 0 Å². The number of hydrogen-bond donors (Lipinski definition) is 3. The summed E-state index contributed by atoms with van der Waals surface area (Å²) in [5.41, 5.74) is 1.93. The summed E-state index contributed by atoms with van der Waals surface area (Å²) in [5.74, 6) is 0.108. The molecule has 1 saturated heterocycles. The number of aliphatic imine (C=N–C) groups is 3. The molecule has 0 aliphatic carbocycles. The van der Waals surface area contributed by atoms with Gasteiger partial charge in [-0.15, -0.1) is 23.5 Å². The van der Waals surface area contributed by atoms with Crippen molar-refractivity contribution in [2.45, 2.75) is 94.9 Å². The van der Waals surface area contributed by atoms with E-state index in [1.165, 1.54) is 23.5 Å². The molecular formula is C38H45N7O5S2. The number of carbonyl (C=O) groups excluding carboxylic acids is 4. The minimum atomic E-state index is -0.856. The first kappa shape index (κ1) is 36.2. The van der Waals surface area contributed by atoms with Crippen molar-refractivity contribution in [2.24, 2.45) is 20.9 Å². The summed E-state index contributed by atoms with van der Waals surface area (Å²) in [6.45, 7) is 6.31. The van der Waals surface area contributed by atoms with Crippen LogP contribution in [0.2, 0.25) is 0 Å². The quantitative estimate of drug-likeness (QED) is 0.426. The molecule has 2 aromatic rings. The maximum Gasteiger partial charge on any atom is 0.249 e. The second-order valence-electron chi connectivity index (χ2n) is 14.2. The zero-order valence-electron chi connectivity index (χ0n) is 29.6. The molecule has 3 N–H and O–H groups in total. The Morgan fingerprint density at radius 1 is 0.769 bits per heavy atom. The molecule has 0 radical (unpaired) electrons. The van der Waals surface area contributed by atoms with E-state index in [2.05, 4.69) is 16.0 Å². The van der Waals surface area contributed by atoms with E-state index < -0.39 is 48.4 Å². The standard InChI is InChI=1S/C38H45N7O5S2/c1-21(2)30-37-42-28(20-52-37)32(46)39-25(17-23-11-6-4-7-12-23)36-41-27(19-51-36)33(47)40-26(18-24-13-8-5-9-14-24)38(49)45-16-10-15-29(45)35-44-31(22(3)50-35)34(48)43-30/h4-9,11-14,21-22,25-31H,10,15-20H2,1-3H3,(H,39,46)(H,40,47)(H,43,48)/t22-,25-,26?,27+,28+,29+,30?,31+/m1/s1. The Morgan fingerprint density at radius 3 is 1.98 bits per heavy atom. The lowest BCUT2D eigenvalue weighted by atomic mass is 10.0. The third kappa shape index (κ3) is 7.92. The van der Waals surface area contributed by atoms with Gasteiger partial charge < -0.3 is 25.6 Å². The van der Waals surface area contributed by atoms with Gasteiger partial charge in [0.15, 0.2) is 6.04 Å². The highest BCUT2D eigenvalue weighted by molar-refractivity contribution is 8.14. The number of rotatable bonds is 5. The predicted octanol–water partition coefficient (Wildman–Crippen LogP) is 2.80. The van der Waals surface area contributed by atoms with E-state index in [9.17, 15) is 19.2 Å². The number of fused-ring (bicyclic) bond motifs is 5. The zero-order chi connectivity index (χ0) is 36.4. The lowest BCUT2D eigenvalue weighted by Gasteiger charge is -2.29.